The van der Waals surface area contributed by atoms with E-state index in [0.29, 0.717) is 25.9 Å². The number of carbonyl (C=O) groups is 2. The first-order chi connectivity index (χ1) is 8.16. The van der Waals surface area contributed by atoms with Crippen LogP contribution >= 0.6 is 0 Å². The van der Waals surface area contributed by atoms with Gasteiger partial charge in [-0.25, -0.2) is 0 Å². The molecule has 1 aliphatic heterocycles. The van der Waals surface area contributed by atoms with E-state index in [0.717, 1.165) is 5.56 Å². The molecule has 90 valence electrons. The Labute approximate surface area is 99.9 Å². The fraction of sp³-hybridized carbons (Fsp3) is 0.385. The predicted molar refractivity (Wildman–Crippen MR) is 62.5 cm³/mol. The predicted octanol–water partition coefficient (Wildman–Crippen LogP) is 1.16. The summed E-state index contributed by atoms with van der Waals surface area (Å²) in [5, 5.41) is 8.70. The zero-order valence-electron chi connectivity index (χ0n) is 9.50. The van der Waals surface area contributed by atoms with Crippen molar-refractivity contribution in [3.8, 4) is 0 Å². The quantitative estimate of drug-likeness (QED) is 0.849. The van der Waals surface area contributed by atoms with Crippen molar-refractivity contribution in [3.63, 3.8) is 0 Å². The molecule has 0 unspecified atom stereocenters. The largest absolute Gasteiger partial charge is 0.481 e. The Hall–Kier alpha value is -1.84. The number of benzene rings is 1. The number of nitrogens with zero attached hydrogens (tertiary/aromatic N) is 1. The molecule has 4 heteroatoms. The first-order valence-electron chi connectivity index (χ1n) is 5.71. The van der Waals surface area contributed by atoms with Crippen molar-refractivity contribution in [3.05, 3.63) is 35.9 Å². The second kappa shape index (κ2) is 4.99. The lowest BCUT2D eigenvalue weighted by Gasteiger charge is -2.36. The molecule has 0 aliphatic carbocycles. The molecule has 17 heavy (non-hydrogen) atoms. The van der Waals surface area contributed by atoms with Crippen LogP contribution in [-0.2, 0) is 16.0 Å². The molecule has 1 N–H and O–H groups in total. The van der Waals surface area contributed by atoms with E-state index >= 15 is 0 Å². The Kier molecular flexibility index (Phi) is 3.42. The van der Waals surface area contributed by atoms with Crippen molar-refractivity contribution in [2.24, 2.45) is 5.92 Å². The molecule has 4 nitrogen and oxygen atoms in total. The standard InChI is InChI=1S/C13H15NO3/c15-12(14-8-11(9-14)13(16)17)7-6-10-4-2-1-3-5-10/h1-5,11H,6-9H2,(H,16,17). The first-order valence-corrected chi connectivity index (χ1v) is 5.71. The molecule has 0 aromatic heterocycles. The summed E-state index contributed by atoms with van der Waals surface area (Å²) >= 11 is 0. The molecule has 0 bridgehead atoms. The number of hydrogen-bond acceptors (Lipinski definition) is 2. The smallest absolute Gasteiger partial charge is 0.310 e. The van der Waals surface area contributed by atoms with Gasteiger partial charge < -0.3 is 10.0 Å². The number of carboxylic acids is 1. The van der Waals surface area contributed by atoms with E-state index in [1.54, 1.807) is 4.90 Å². The van der Waals surface area contributed by atoms with E-state index in [4.69, 9.17) is 5.11 Å². The Morgan fingerprint density at radius 1 is 1.24 bits per heavy atom. The van der Waals surface area contributed by atoms with Gasteiger partial charge in [0.1, 0.15) is 0 Å². The SMILES string of the molecule is O=C(O)C1CN(C(=O)CCc2ccccc2)C1. The van der Waals surface area contributed by atoms with Crippen molar-refractivity contribution in [2.45, 2.75) is 12.8 Å². The van der Waals surface area contributed by atoms with E-state index in [-0.39, 0.29) is 11.8 Å². The minimum Gasteiger partial charge on any atom is -0.481 e. The maximum Gasteiger partial charge on any atom is 0.310 e. The molecule has 0 saturated carbocycles. The maximum absolute atomic E-state index is 11.7. The lowest BCUT2D eigenvalue weighted by Crippen LogP contribution is -2.53. The average molecular weight is 233 g/mol. The van der Waals surface area contributed by atoms with Gasteiger partial charge in [0.25, 0.3) is 0 Å². The van der Waals surface area contributed by atoms with E-state index < -0.39 is 5.97 Å². The minimum atomic E-state index is -0.808. The Balaban J connectivity index is 1.74. The maximum atomic E-state index is 11.7. The molecular formula is C13H15NO3. The highest BCUT2D eigenvalue weighted by atomic mass is 16.4. The zero-order chi connectivity index (χ0) is 12.3. The minimum absolute atomic E-state index is 0.0475. The van der Waals surface area contributed by atoms with Gasteiger partial charge in [-0.15, -0.1) is 0 Å². The summed E-state index contributed by atoms with van der Waals surface area (Å²) in [5.41, 5.74) is 1.14. The number of amides is 1. The van der Waals surface area contributed by atoms with Crippen molar-refractivity contribution >= 4 is 11.9 Å². The van der Waals surface area contributed by atoms with E-state index in [2.05, 4.69) is 0 Å². The van der Waals surface area contributed by atoms with Crippen LogP contribution in [0.3, 0.4) is 0 Å². The van der Waals surface area contributed by atoms with Crippen molar-refractivity contribution in [1.82, 2.24) is 4.90 Å². The fourth-order valence-corrected chi connectivity index (χ4v) is 1.89. The van der Waals surface area contributed by atoms with Crippen molar-refractivity contribution in [2.75, 3.05) is 13.1 Å². The normalized spacial score (nSPS) is 15.4. The summed E-state index contributed by atoms with van der Waals surface area (Å²) in [4.78, 5) is 23.9. The summed E-state index contributed by atoms with van der Waals surface area (Å²) in [6, 6.07) is 9.82. The van der Waals surface area contributed by atoms with Crippen LogP contribution in [0.15, 0.2) is 30.3 Å². The summed E-state index contributed by atoms with van der Waals surface area (Å²) < 4.78 is 0. The van der Waals surface area contributed by atoms with Crippen LogP contribution in [0.1, 0.15) is 12.0 Å². The molecular weight excluding hydrogens is 218 g/mol. The van der Waals surface area contributed by atoms with Crippen molar-refractivity contribution in [1.29, 1.82) is 0 Å². The van der Waals surface area contributed by atoms with Crippen LogP contribution in [0, 0.1) is 5.92 Å². The van der Waals surface area contributed by atoms with Gasteiger partial charge in [0.05, 0.1) is 5.92 Å². The van der Waals surface area contributed by atoms with Gasteiger partial charge >= 0.3 is 5.97 Å². The second-order valence-electron chi connectivity index (χ2n) is 4.32. The van der Waals surface area contributed by atoms with E-state index in [1.165, 1.54) is 0 Å². The zero-order valence-corrected chi connectivity index (χ0v) is 9.50. The Morgan fingerprint density at radius 3 is 2.47 bits per heavy atom. The van der Waals surface area contributed by atoms with E-state index in [1.807, 2.05) is 30.3 Å². The molecule has 1 aromatic rings. The third-order valence-electron chi connectivity index (χ3n) is 3.05. The lowest BCUT2D eigenvalue weighted by molar-refractivity contribution is -0.152. The molecule has 1 saturated heterocycles. The van der Waals surface area contributed by atoms with Gasteiger partial charge in [-0.05, 0) is 12.0 Å². The summed E-state index contributed by atoms with van der Waals surface area (Å²) in [7, 11) is 0. The number of carbonyl (C=O) groups excluding carboxylic acids is 1. The highest BCUT2D eigenvalue weighted by Gasteiger charge is 2.34. The van der Waals surface area contributed by atoms with E-state index in [9.17, 15) is 9.59 Å². The third-order valence-corrected chi connectivity index (χ3v) is 3.05. The number of hydrogen-bond donors (Lipinski definition) is 1. The van der Waals surface area contributed by atoms with Crippen LogP contribution in [-0.4, -0.2) is 35.0 Å². The number of rotatable bonds is 4. The molecule has 1 heterocycles. The summed E-state index contributed by atoms with van der Waals surface area (Å²) in [6.07, 6.45) is 1.17. The Morgan fingerprint density at radius 2 is 1.88 bits per heavy atom. The number of aryl methyl sites for hydroxylation is 1. The summed E-state index contributed by atoms with van der Waals surface area (Å²) in [6.45, 7) is 0.728. The highest BCUT2D eigenvalue weighted by Crippen LogP contribution is 2.17. The van der Waals surface area contributed by atoms with Gasteiger partial charge in [0.2, 0.25) is 5.91 Å². The van der Waals surface area contributed by atoms with Crippen LogP contribution in [0.5, 0.6) is 0 Å². The van der Waals surface area contributed by atoms with Crippen LogP contribution in [0.2, 0.25) is 0 Å². The first kappa shape index (κ1) is 11.6. The molecule has 1 aromatic carbocycles. The lowest BCUT2D eigenvalue weighted by atomic mass is 9.99. The monoisotopic (exact) mass is 233 g/mol. The summed E-state index contributed by atoms with van der Waals surface area (Å²) in [5.74, 6) is -1.13. The number of aliphatic carboxylic acids is 1. The molecule has 1 aliphatic rings. The average Bonchev–Trinajstić information content (AvgIpc) is 2.25. The van der Waals surface area contributed by atoms with Gasteiger partial charge in [-0.3, -0.25) is 9.59 Å². The number of carboxylic acid groups (broad SMARTS) is 1. The van der Waals surface area contributed by atoms with Gasteiger partial charge in [-0.2, -0.15) is 0 Å². The topological polar surface area (TPSA) is 57.6 Å². The van der Waals surface area contributed by atoms with Crippen molar-refractivity contribution < 1.29 is 14.7 Å². The molecule has 1 amide bonds. The molecule has 0 atom stereocenters. The van der Waals surface area contributed by atoms with Gasteiger partial charge in [-0.1, -0.05) is 30.3 Å². The molecule has 0 radical (unpaired) electrons. The highest BCUT2D eigenvalue weighted by molar-refractivity contribution is 5.81. The van der Waals surface area contributed by atoms with Gasteiger partial charge in [0, 0.05) is 19.5 Å². The number of likely N-dealkylation sites (tertiary alicyclic amines) is 1. The second-order valence-corrected chi connectivity index (χ2v) is 4.32. The molecule has 1 fully saturated rings. The third kappa shape index (κ3) is 2.84. The van der Waals surface area contributed by atoms with Crippen LogP contribution in [0.25, 0.3) is 0 Å². The van der Waals surface area contributed by atoms with Gasteiger partial charge in [0.15, 0.2) is 0 Å². The molecule has 2 rings (SSSR count). The Bertz CT molecular complexity index is 410. The van der Waals surface area contributed by atoms with Crippen LogP contribution in [0.4, 0.5) is 0 Å². The fourth-order valence-electron chi connectivity index (χ4n) is 1.89. The molecule has 0 spiro atoms. The van der Waals surface area contributed by atoms with Crippen LogP contribution < -0.4 is 0 Å².